The molecule has 3 N–H and O–H groups in total. The van der Waals surface area contributed by atoms with Crippen molar-refractivity contribution in [3.8, 4) is 17.6 Å². The van der Waals surface area contributed by atoms with Crippen LogP contribution in [0, 0.1) is 17.3 Å². The molecular weight excluding hydrogens is 378 g/mol. The lowest BCUT2D eigenvalue weighted by Crippen LogP contribution is -2.69. The van der Waals surface area contributed by atoms with Crippen LogP contribution in [0.5, 0.6) is 5.75 Å². The highest BCUT2D eigenvalue weighted by Crippen LogP contribution is 2.28. The predicted molar refractivity (Wildman–Crippen MR) is 117 cm³/mol. The molecule has 0 saturated carbocycles. The number of rotatable bonds is 5. The molecule has 2 amide bonds. The van der Waals surface area contributed by atoms with Crippen LogP contribution in [0.15, 0.2) is 36.4 Å². The Morgan fingerprint density at radius 1 is 1.23 bits per heavy atom. The number of nitrogens with one attached hydrogen (secondary N) is 2. The zero-order chi connectivity index (χ0) is 21.4. The molecule has 2 aromatic carbocycles. The number of fused-ring (bicyclic) bond motifs is 1. The van der Waals surface area contributed by atoms with Gasteiger partial charge in [0.25, 0.3) is 0 Å². The maximum absolute atomic E-state index is 11.4. The van der Waals surface area contributed by atoms with Gasteiger partial charge in [-0.15, -0.1) is 0 Å². The second kappa shape index (κ2) is 7.82. The zero-order valence-electron chi connectivity index (χ0n) is 17.8. The molecule has 0 bridgehead atoms. The van der Waals surface area contributed by atoms with E-state index in [1.54, 1.807) is 0 Å². The largest absolute Gasteiger partial charge is 0.490 e. The van der Waals surface area contributed by atoms with Gasteiger partial charge < -0.3 is 20.5 Å². The molecule has 6 nitrogen and oxygen atoms in total. The lowest BCUT2D eigenvalue weighted by molar-refractivity contribution is 0.00540. The van der Waals surface area contributed by atoms with E-state index in [1.807, 2.05) is 24.3 Å². The second-order valence-electron chi connectivity index (χ2n) is 9.38. The van der Waals surface area contributed by atoms with Crippen molar-refractivity contribution >= 4 is 16.8 Å². The number of benzene rings is 2. The smallest absolute Gasteiger partial charge is 0.315 e. The number of aliphatic hydroxyl groups is 1. The predicted octanol–water partition coefficient (Wildman–Crippen LogP) is 2.34. The number of hydrogen-bond donors (Lipinski definition) is 3. The molecule has 1 spiro atoms. The van der Waals surface area contributed by atoms with E-state index in [-0.39, 0.29) is 23.6 Å². The molecule has 2 fully saturated rings. The summed E-state index contributed by atoms with van der Waals surface area (Å²) < 4.78 is 6.01. The number of carbonyl (C=O) groups is 1. The third-order valence-electron chi connectivity index (χ3n) is 5.37. The summed E-state index contributed by atoms with van der Waals surface area (Å²) in [6.45, 7) is 9.06. The van der Waals surface area contributed by atoms with Crippen molar-refractivity contribution in [3.05, 3.63) is 42.0 Å². The molecule has 2 heterocycles. The molecule has 0 radical (unpaired) electrons. The minimum absolute atomic E-state index is 0.112. The van der Waals surface area contributed by atoms with Crippen molar-refractivity contribution in [3.63, 3.8) is 0 Å². The van der Waals surface area contributed by atoms with E-state index in [1.165, 1.54) is 0 Å². The average molecular weight is 408 g/mol. The van der Waals surface area contributed by atoms with Crippen LogP contribution >= 0.6 is 0 Å². The van der Waals surface area contributed by atoms with E-state index in [0.717, 1.165) is 29.4 Å². The fraction of sp³-hybridized carbons (Fsp3) is 0.458. The SMILES string of the molecule is CC(C)(C)C#Cc1c(OCC(O)CN2CC3(CNC(=O)N3)C2)ccc2ccccc12. The maximum Gasteiger partial charge on any atom is 0.315 e. The first-order valence-corrected chi connectivity index (χ1v) is 10.4. The summed E-state index contributed by atoms with van der Waals surface area (Å²) in [5, 5.41) is 18.4. The highest BCUT2D eigenvalue weighted by atomic mass is 16.5. The van der Waals surface area contributed by atoms with Crippen LogP contribution in [-0.2, 0) is 0 Å². The third-order valence-corrected chi connectivity index (χ3v) is 5.37. The molecule has 2 aliphatic heterocycles. The fourth-order valence-corrected chi connectivity index (χ4v) is 4.00. The Morgan fingerprint density at radius 3 is 2.70 bits per heavy atom. The fourth-order valence-electron chi connectivity index (χ4n) is 4.00. The van der Waals surface area contributed by atoms with E-state index in [2.05, 4.69) is 60.3 Å². The molecule has 2 aromatic rings. The van der Waals surface area contributed by atoms with Crippen LogP contribution in [-0.4, -0.2) is 60.5 Å². The first kappa shape index (κ1) is 20.5. The number of ether oxygens (including phenoxy) is 1. The van der Waals surface area contributed by atoms with Gasteiger partial charge >= 0.3 is 6.03 Å². The zero-order valence-corrected chi connectivity index (χ0v) is 17.8. The van der Waals surface area contributed by atoms with Gasteiger partial charge in [-0.25, -0.2) is 4.79 Å². The minimum Gasteiger partial charge on any atom is -0.490 e. The van der Waals surface area contributed by atoms with E-state index in [0.29, 0.717) is 18.8 Å². The maximum atomic E-state index is 11.4. The molecule has 2 aliphatic rings. The van der Waals surface area contributed by atoms with Gasteiger partial charge in [-0.05, 0) is 32.2 Å². The van der Waals surface area contributed by atoms with Crippen LogP contribution in [0.2, 0.25) is 0 Å². The van der Waals surface area contributed by atoms with Gasteiger partial charge in [0.1, 0.15) is 18.5 Å². The van der Waals surface area contributed by atoms with Crippen molar-refractivity contribution in [2.75, 3.05) is 32.8 Å². The number of aliphatic hydroxyl groups excluding tert-OH is 1. The Morgan fingerprint density at radius 2 is 2.00 bits per heavy atom. The highest BCUT2D eigenvalue weighted by molar-refractivity contribution is 5.90. The summed E-state index contributed by atoms with van der Waals surface area (Å²) >= 11 is 0. The molecule has 4 rings (SSSR count). The van der Waals surface area contributed by atoms with Crippen molar-refractivity contribution in [1.82, 2.24) is 15.5 Å². The Bertz CT molecular complexity index is 1010. The number of likely N-dealkylation sites (tertiary alicyclic amines) is 1. The molecule has 1 unspecified atom stereocenters. The van der Waals surface area contributed by atoms with Crippen molar-refractivity contribution in [1.29, 1.82) is 0 Å². The first-order valence-electron chi connectivity index (χ1n) is 10.4. The van der Waals surface area contributed by atoms with Crippen molar-refractivity contribution in [2.24, 2.45) is 5.41 Å². The van der Waals surface area contributed by atoms with E-state index >= 15 is 0 Å². The van der Waals surface area contributed by atoms with E-state index < -0.39 is 6.10 Å². The molecule has 2 saturated heterocycles. The molecule has 158 valence electrons. The Labute approximate surface area is 177 Å². The first-order chi connectivity index (χ1) is 14.2. The van der Waals surface area contributed by atoms with Gasteiger partial charge in [0.05, 0.1) is 11.1 Å². The van der Waals surface area contributed by atoms with Gasteiger partial charge in [-0.2, -0.15) is 0 Å². The van der Waals surface area contributed by atoms with Gasteiger partial charge in [0.15, 0.2) is 0 Å². The van der Waals surface area contributed by atoms with Gasteiger partial charge in [0, 0.05) is 37.0 Å². The molecule has 0 aromatic heterocycles. The number of β-amino-alcohol motifs (C(OH)–C–C–N with tert-alkyl or cyclic N) is 1. The third kappa shape index (κ3) is 4.53. The summed E-state index contributed by atoms with van der Waals surface area (Å²) in [5.41, 5.74) is 0.565. The Kier molecular flexibility index (Phi) is 5.35. The monoisotopic (exact) mass is 407 g/mol. The topological polar surface area (TPSA) is 73.8 Å². The lowest BCUT2D eigenvalue weighted by Gasteiger charge is -2.47. The molecule has 6 heteroatoms. The van der Waals surface area contributed by atoms with Crippen LogP contribution in [0.1, 0.15) is 26.3 Å². The molecular formula is C24H29N3O3. The summed E-state index contributed by atoms with van der Waals surface area (Å²) in [5.74, 6) is 7.30. The summed E-state index contributed by atoms with van der Waals surface area (Å²) in [6.07, 6.45) is -0.623. The van der Waals surface area contributed by atoms with Gasteiger partial charge in [0.2, 0.25) is 0 Å². The number of carbonyl (C=O) groups excluding carboxylic acids is 1. The van der Waals surface area contributed by atoms with Gasteiger partial charge in [-0.1, -0.05) is 42.2 Å². The van der Waals surface area contributed by atoms with Gasteiger partial charge in [-0.3, -0.25) is 4.90 Å². The highest BCUT2D eigenvalue weighted by Gasteiger charge is 2.47. The number of urea groups is 1. The van der Waals surface area contributed by atoms with E-state index in [9.17, 15) is 9.90 Å². The summed E-state index contributed by atoms with van der Waals surface area (Å²) in [6, 6.07) is 12.0. The lowest BCUT2D eigenvalue weighted by atomic mass is 9.91. The quantitative estimate of drug-likeness (QED) is 0.666. The molecule has 1 atom stereocenters. The van der Waals surface area contributed by atoms with Crippen LogP contribution < -0.4 is 15.4 Å². The molecule has 0 aliphatic carbocycles. The Balaban J connectivity index is 1.42. The average Bonchev–Trinajstić information content (AvgIpc) is 3.05. The second-order valence-corrected chi connectivity index (χ2v) is 9.38. The number of amides is 2. The van der Waals surface area contributed by atoms with Crippen molar-refractivity contribution < 1.29 is 14.6 Å². The molecule has 30 heavy (non-hydrogen) atoms. The van der Waals surface area contributed by atoms with Crippen LogP contribution in [0.3, 0.4) is 0 Å². The standard InChI is InChI=1S/C24H29N3O3/c1-23(2,3)11-10-20-19-7-5-4-6-17(19)8-9-21(20)30-13-18(28)12-27-15-24(16-27)14-25-22(29)26-24/h4-9,18,28H,12-16H2,1-3H3,(H2,25,26,29). The summed E-state index contributed by atoms with van der Waals surface area (Å²) in [7, 11) is 0. The minimum atomic E-state index is -0.623. The normalized spacial score (nSPS) is 18.9. The van der Waals surface area contributed by atoms with Crippen molar-refractivity contribution in [2.45, 2.75) is 32.4 Å². The van der Waals surface area contributed by atoms with E-state index in [4.69, 9.17) is 4.74 Å². The number of nitrogens with zero attached hydrogens (tertiary/aromatic N) is 1. The Hall–Kier alpha value is -2.75. The summed E-state index contributed by atoms with van der Waals surface area (Å²) in [4.78, 5) is 13.5. The van der Waals surface area contributed by atoms with Crippen LogP contribution in [0.4, 0.5) is 4.79 Å². The van der Waals surface area contributed by atoms with Crippen LogP contribution in [0.25, 0.3) is 10.8 Å². The number of hydrogen-bond acceptors (Lipinski definition) is 4.